The van der Waals surface area contributed by atoms with Gasteiger partial charge < -0.3 is 0 Å². The van der Waals surface area contributed by atoms with Gasteiger partial charge in [-0.2, -0.15) is 0 Å². The van der Waals surface area contributed by atoms with Crippen molar-refractivity contribution in [3.05, 3.63) is 22.3 Å². The van der Waals surface area contributed by atoms with Gasteiger partial charge in [0.1, 0.15) is 5.50 Å². The van der Waals surface area contributed by atoms with Crippen molar-refractivity contribution in [3.8, 4) is 0 Å². The summed E-state index contributed by atoms with van der Waals surface area (Å²) in [5.74, 6) is 0. The van der Waals surface area contributed by atoms with Crippen LogP contribution in [0.3, 0.4) is 0 Å². The van der Waals surface area contributed by atoms with Crippen molar-refractivity contribution in [2.24, 2.45) is 0 Å². The maximum absolute atomic E-state index is 5.66. The lowest BCUT2D eigenvalue weighted by Crippen LogP contribution is -2.17. The summed E-state index contributed by atoms with van der Waals surface area (Å²) in [6, 6.07) is 0. The van der Waals surface area contributed by atoms with E-state index in [0.717, 1.165) is 0 Å². The molecule has 0 radical (unpaired) electrons. The van der Waals surface area contributed by atoms with Crippen LogP contribution in [0.25, 0.3) is 0 Å². The molecule has 0 fully saturated rings. The molecule has 0 aromatic rings. The van der Waals surface area contributed by atoms with Gasteiger partial charge in [0, 0.05) is 18.0 Å². The molecule has 0 saturated heterocycles. The second kappa shape index (κ2) is 3.22. The predicted octanol–water partition coefficient (Wildman–Crippen LogP) is 3.22. The number of nitrogens with zero attached hydrogens (tertiary/aromatic N) is 1. The Bertz CT molecular complexity index is 176. The lowest BCUT2D eigenvalue weighted by molar-refractivity contribution is 0.617. The summed E-state index contributed by atoms with van der Waals surface area (Å²) in [5, 5.41) is 0.826. The molecule has 1 heterocycles. The minimum atomic E-state index is -0.420. The lowest BCUT2D eigenvalue weighted by Gasteiger charge is -2.19. The van der Waals surface area contributed by atoms with E-state index >= 15 is 0 Å². The van der Waals surface area contributed by atoms with Gasteiger partial charge in [0.25, 0.3) is 0 Å². The highest BCUT2D eigenvalue weighted by molar-refractivity contribution is 6.44. The third-order valence-electron chi connectivity index (χ3n) is 0.984. The van der Waals surface area contributed by atoms with Crippen LogP contribution in [0.5, 0.6) is 0 Å². The number of halogens is 4. The minimum absolute atomic E-state index is 0.397. The third kappa shape index (κ3) is 1.73. The van der Waals surface area contributed by atoms with E-state index in [1.807, 2.05) is 0 Å². The van der Waals surface area contributed by atoms with Crippen molar-refractivity contribution in [2.45, 2.75) is 5.50 Å². The first-order chi connectivity index (χ1) is 4.61. The molecule has 1 aliphatic rings. The smallest absolute Gasteiger partial charge is 0.139 e. The molecule has 56 valence electrons. The molecule has 10 heavy (non-hydrogen) atoms. The molecule has 0 amide bonds. The average Bonchev–Trinajstić information content (AvgIpc) is 1.84. The molecule has 1 atom stereocenters. The van der Waals surface area contributed by atoms with Crippen LogP contribution in [-0.4, -0.2) is 9.92 Å². The molecule has 0 aliphatic carbocycles. The first-order valence-corrected chi connectivity index (χ1v) is 3.97. The van der Waals surface area contributed by atoms with Gasteiger partial charge in [-0.1, -0.05) is 34.8 Å². The molecular weight excluding hydrogens is 216 g/mol. The summed E-state index contributed by atoms with van der Waals surface area (Å²) in [7, 11) is 0. The first kappa shape index (κ1) is 8.54. The number of hydrogen-bond donors (Lipinski definition) is 0. The molecule has 0 spiro atoms. The molecule has 1 rings (SSSR count). The summed E-state index contributed by atoms with van der Waals surface area (Å²) in [6.07, 6.45) is 3.02. The van der Waals surface area contributed by atoms with Crippen LogP contribution in [0.1, 0.15) is 0 Å². The lowest BCUT2D eigenvalue weighted by atomic mass is 10.4. The molecule has 5 heteroatoms. The topological polar surface area (TPSA) is 3.24 Å². The fourth-order valence-electron chi connectivity index (χ4n) is 0.513. The normalized spacial score (nSPS) is 26.0. The number of rotatable bonds is 0. The summed E-state index contributed by atoms with van der Waals surface area (Å²) >= 11 is 22.4. The molecule has 0 aromatic heterocycles. The van der Waals surface area contributed by atoms with Gasteiger partial charge in [0.05, 0.1) is 10.1 Å². The molecule has 0 saturated carbocycles. The van der Waals surface area contributed by atoms with Crippen LogP contribution >= 0.6 is 46.6 Å². The van der Waals surface area contributed by atoms with Gasteiger partial charge >= 0.3 is 0 Å². The van der Waals surface area contributed by atoms with Gasteiger partial charge in [0.2, 0.25) is 0 Å². The van der Waals surface area contributed by atoms with E-state index in [1.54, 1.807) is 6.08 Å². The van der Waals surface area contributed by atoms with Crippen LogP contribution in [-0.2, 0) is 0 Å². The average molecular weight is 219 g/mol. The Morgan fingerprint density at radius 1 is 1.30 bits per heavy atom. The summed E-state index contributed by atoms with van der Waals surface area (Å²) in [4.78, 5) is 0. The fourth-order valence-corrected chi connectivity index (χ4v) is 1.30. The highest BCUT2D eigenvalue weighted by Crippen LogP contribution is 2.28. The monoisotopic (exact) mass is 217 g/mol. The first-order valence-electron chi connectivity index (χ1n) is 2.44. The van der Waals surface area contributed by atoms with E-state index in [2.05, 4.69) is 0 Å². The quantitative estimate of drug-likeness (QED) is 0.343. The maximum atomic E-state index is 5.66. The molecule has 1 aliphatic heterocycles. The van der Waals surface area contributed by atoms with E-state index in [1.165, 1.54) is 10.6 Å². The Labute approximate surface area is 78.9 Å². The van der Waals surface area contributed by atoms with Crippen molar-refractivity contribution in [1.82, 2.24) is 4.42 Å². The van der Waals surface area contributed by atoms with E-state index in [0.29, 0.717) is 10.1 Å². The highest BCUT2D eigenvalue weighted by atomic mass is 35.5. The molecule has 0 aromatic carbocycles. The Hall–Kier alpha value is 0.440. The third-order valence-corrected chi connectivity index (χ3v) is 2.46. The zero-order valence-electron chi connectivity index (χ0n) is 4.69. The SMILES string of the molecule is ClC1=CC(Cl)N(Cl)C=C1Cl. The number of allylic oxidation sites excluding steroid dienone is 2. The van der Waals surface area contributed by atoms with Crippen molar-refractivity contribution >= 4 is 46.6 Å². The van der Waals surface area contributed by atoms with Crippen LogP contribution in [0, 0.1) is 0 Å². The van der Waals surface area contributed by atoms with Crippen LogP contribution in [0.15, 0.2) is 22.3 Å². The van der Waals surface area contributed by atoms with Crippen LogP contribution < -0.4 is 0 Å². The van der Waals surface area contributed by atoms with E-state index < -0.39 is 5.50 Å². The summed E-state index contributed by atoms with van der Waals surface area (Å²) < 4.78 is 1.25. The molecular formula is C5H3Cl4N. The second-order valence-electron chi connectivity index (χ2n) is 1.71. The van der Waals surface area contributed by atoms with Gasteiger partial charge in [-0.25, -0.2) is 0 Å². The van der Waals surface area contributed by atoms with Gasteiger partial charge in [0.15, 0.2) is 0 Å². The summed E-state index contributed by atoms with van der Waals surface area (Å²) in [5.41, 5.74) is -0.420. The zero-order valence-corrected chi connectivity index (χ0v) is 7.71. The van der Waals surface area contributed by atoms with Crippen molar-refractivity contribution in [1.29, 1.82) is 0 Å². The van der Waals surface area contributed by atoms with Crippen LogP contribution in [0.4, 0.5) is 0 Å². The molecule has 1 unspecified atom stereocenters. The molecule has 0 bridgehead atoms. The molecule has 1 nitrogen and oxygen atoms in total. The van der Waals surface area contributed by atoms with Crippen LogP contribution in [0.2, 0.25) is 0 Å². The Morgan fingerprint density at radius 2 is 1.90 bits per heavy atom. The fraction of sp³-hybridized carbons (Fsp3) is 0.200. The van der Waals surface area contributed by atoms with Crippen molar-refractivity contribution in [3.63, 3.8) is 0 Å². The second-order valence-corrected chi connectivity index (χ2v) is 3.36. The Kier molecular flexibility index (Phi) is 2.75. The van der Waals surface area contributed by atoms with Gasteiger partial charge in [-0.15, -0.1) is 0 Å². The van der Waals surface area contributed by atoms with E-state index in [-0.39, 0.29) is 0 Å². The summed E-state index contributed by atoms with van der Waals surface area (Å²) in [6.45, 7) is 0. The zero-order chi connectivity index (χ0) is 7.72. The largest absolute Gasteiger partial charge is 0.269 e. The highest BCUT2D eigenvalue weighted by Gasteiger charge is 2.15. The Morgan fingerprint density at radius 3 is 2.40 bits per heavy atom. The van der Waals surface area contributed by atoms with E-state index in [4.69, 9.17) is 46.6 Å². The van der Waals surface area contributed by atoms with Crippen molar-refractivity contribution in [2.75, 3.05) is 0 Å². The predicted molar refractivity (Wildman–Crippen MR) is 45.2 cm³/mol. The van der Waals surface area contributed by atoms with Gasteiger partial charge in [-0.05, 0) is 6.08 Å². The van der Waals surface area contributed by atoms with Crippen molar-refractivity contribution < 1.29 is 0 Å². The standard InChI is InChI=1S/C5H3Cl4N/c6-3-1-5(8)10(9)2-4(3)7/h1-2,5H. The Balaban J connectivity index is 2.83. The maximum Gasteiger partial charge on any atom is 0.139 e. The molecule has 0 N–H and O–H groups in total. The van der Waals surface area contributed by atoms with Gasteiger partial charge in [-0.3, -0.25) is 4.42 Å². The number of hydrogen-bond acceptors (Lipinski definition) is 1. The minimum Gasteiger partial charge on any atom is -0.269 e. The van der Waals surface area contributed by atoms with E-state index in [9.17, 15) is 0 Å². The number of alkyl halides is 1.